The molecule has 0 unspecified atom stereocenters. The van der Waals surface area contributed by atoms with Gasteiger partial charge in [0.2, 0.25) is 0 Å². The van der Waals surface area contributed by atoms with Gasteiger partial charge < -0.3 is 15.1 Å². The molecule has 1 N–H and O–H groups in total. The number of rotatable bonds is 7. The van der Waals surface area contributed by atoms with Crippen molar-refractivity contribution < 1.29 is 8.78 Å². The fraction of sp³-hybridized carbons (Fsp3) is 0.370. The van der Waals surface area contributed by atoms with Crippen LogP contribution in [0.1, 0.15) is 43.4 Å². The number of nitrogens with one attached hydrogen (secondary N) is 1. The summed E-state index contributed by atoms with van der Waals surface area (Å²) in [6.45, 7) is 9.29. The van der Waals surface area contributed by atoms with Gasteiger partial charge in [-0.3, -0.25) is 4.68 Å². The number of fused-ring (bicyclic) bond motifs is 1. The quantitative estimate of drug-likeness (QED) is 0.417. The molecule has 4 rings (SSSR count). The van der Waals surface area contributed by atoms with Gasteiger partial charge in [0.25, 0.3) is 6.43 Å². The van der Waals surface area contributed by atoms with Crippen LogP contribution >= 0.6 is 0 Å². The van der Waals surface area contributed by atoms with Crippen molar-refractivity contribution in [3.63, 3.8) is 0 Å². The van der Waals surface area contributed by atoms with Crippen LogP contribution in [0, 0.1) is 0 Å². The lowest BCUT2D eigenvalue weighted by atomic mass is 9.92. The molecule has 7 heteroatoms. The second-order valence-corrected chi connectivity index (χ2v) is 8.42. The highest BCUT2D eigenvalue weighted by molar-refractivity contribution is 5.79. The minimum atomic E-state index is -2.57. The van der Waals surface area contributed by atoms with Crippen molar-refractivity contribution in [2.75, 3.05) is 30.9 Å². The summed E-state index contributed by atoms with van der Waals surface area (Å²) >= 11 is 0. The molecule has 182 valence electrons. The van der Waals surface area contributed by atoms with E-state index in [9.17, 15) is 8.78 Å². The average Bonchev–Trinajstić information content (AvgIpc) is 3.26. The summed E-state index contributed by atoms with van der Waals surface area (Å²) < 4.78 is 30.0. The van der Waals surface area contributed by atoms with Gasteiger partial charge in [-0.2, -0.15) is 5.10 Å². The van der Waals surface area contributed by atoms with E-state index in [-0.39, 0.29) is 5.56 Å². The summed E-state index contributed by atoms with van der Waals surface area (Å²) in [7, 11) is 5.84. The summed E-state index contributed by atoms with van der Waals surface area (Å²) in [5, 5.41) is 7.40. The third-order valence-electron chi connectivity index (χ3n) is 5.79. The van der Waals surface area contributed by atoms with Crippen LogP contribution in [0.25, 0.3) is 11.1 Å². The standard InChI is InChI=1S/C25H29F2N5.C2H6/c1-5-28-22-9-6-10-23(21(22)16-30(2)3)32-11-7-8-17-12-19(18-14-29-31(4)15-18)20(25(26)27)13-24(17)32;1-2/h5-6,9-10,12-15,25,28H,1,7-8,11,16H2,2-4H3;1-2H3. The zero-order valence-electron chi connectivity index (χ0n) is 20.8. The van der Waals surface area contributed by atoms with Crippen LogP contribution in [0.2, 0.25) is 0 Å². The van der Waals surface area contributed by atoms with Crippen molar-refractivity contribution in [1.82, 2.24) is 14.7 Å². The maximum Gasteiger partial charge on any atom is 0.264 e. The molecule has 0 fully saturated rings. The summed E-state index contributed by atoms with van der Waals surface area (Å²) in [6, 6.07) is 9.68. The van der Waals surface area contributed by atoms with Crippen LogP contribution in [0.5, 0.6) is 0 Å². The summed E-state index contributed by atoms with van der Waals surface area (Å²) in [6.07, 6.45) is 4.33. The molecule has 0 spiro atoms. The Morgan fingerprint density at radius 2 is 1.97 bits per heavy atom. The van der Waals surface area contributed by atoms with Crippen molar-refractivity contribution in [1.29, 1.82) is 0 Å². The first-order chi connectivity index (χ1) is 16.4. The summed E-state index contributed by atoms with van der Waals surface area (Å²) in [5.74, 6) is 0. The molecule has 1 aliphatic heterocycles. The number of nitrogens with zero attached hydrogens (tertiary/aromatic N) is 4. The van der Waals surface area contributed by atoms with E-state index in [1.165, 1.54) is 0 Å². The van der Waals surface area contributed by atoms with Crippen molar-refractivity contribution in [2.24, 2.45) is 7.05 Å². The molecule has 34 heavy (non-hydrogen) atoms. The monoisotopic (exact) mass is 467 g/mol. The van der Waals surface area contributed by atoms with E-state index in [4.69, 9.17) is 0 Å². The number of benzene rings is 2. The van der Waals surface area contributed by atoms with Gasteiger partial charge >= 0.3 is 0 Å². The van der Waals surface area contributed by atoms with Crippen LogP contribution in [0.15, 0.2) is 55.5 Å². The lowest BCUT2D eigenvalue weighted by molar-refractivity contribution is 0.152. The molecule has 0 atom stereocenters. The topological polar surface area (TPSA) is 36.3 Å². The number of hydrogen-bond acceptors (Lipinski definition) is 4. The highest BCUT2D eigenvalue weighted by atomic mass is 19.3. The molecule has 0 aliphatic carbocycles. The Labute approximate surface area is 201 Å². The van der Waals surface area contributed by atoms with Crippen molar-refractivity contribution in [3.8, 4) is 11.1 Å². The summed E-state index contributed by atoms with van der Waals surface area (Å²) in [4.78, 5) is 4.29. The first-order valence-electron chi connectivity index (χ1n) is 11.7. The Bertz CT molecular complexity index is 1120. The molecule has 2 heterocycles. The third-order valence-corrected chi connectivity index (χ3v) is 5.79. The number of alkyl halides is 2. The fourth-order valence-electron chi connectivity index (χ4n) is 4.45. The molecule has 5 nitrogen and oxygen atoms in total. The van der Waals surface area contributed by atoms with Crippen molar-refractivity contribution >= 4 is 17.1 Å². The van der Waals surface area contributed by atoms with E-state index in [0.717, 1.165) is 47.6 Å². The Morgan fingerprint density at radius 3 is 2.59 bits per heavy atom. The largest absolute Gasteiger partial charge is 0.362 e. The van der Waals surface area contributed by atoms with Crippen molar-refractivity contribution in [2.45, 2.75) is 39.7 Å². The maximum atomic E-state index is 14.2. The predicted octanol–water partition coefficient (Wildman–Crippen LogP) is 6.75. The number of halogens is 2. The number of aromatic nitrogens is 2. The molecule has 0 saturated carbocycles. The second-order valence-electron chi connectivity index (χ2n) is 8.42. The molecule has 0 radical (unpaired) electrons. The van der Waals surface area contributed by atoms with Crippen molar-refractivity contribution in [3.05, 3.63) is 72.2 Å². The van der Waals surface area contributed by atoms with E-state index < -0.39 is 6.43 Å². The lowest BCUT2D eigenvalue weighted by Gasteiger charge is -2.35. The van der Waals surface area contributed by atoms with Crippen LogP contribution < -0.4 is 10.2 Å². The zero-order valence-corrected chi connectivity index (χ0v) is 20.8. The normalized spacial score (nSPS) is 12.9. The van der Waals surface area contributed by atoms with Crippen LogP contribution in [0.3, 0.4) is 0 Å². The molecular weight excluding hydrogens is 432 g/mol. The minimum Gasteiger partial charge on any atom is -0.362 e. The van der Waals surface area contributed by atoms with Crippen LogP contribution in [-0.4, -0.2) is 35.3 Å². The average molecular weight is 468 g/mol. The molecular formula is C27H35F2N5. The van der Waals surface area contributed by atoms with Gasteiger partial charge in [-0.05, 0) is 68.5 Å². The number of hydrogen-bond donors (Lipinski definition) is 1. The first-order valence-corrected chi connectivity index (χ1v) is 11.7. The van der Waals surface area contributed by atoms with Crippen LogP contribution in [-0.2, 0) is 20.0 Å². The van der Waals surface area contributed by atoms with Gasteiger partial charge in [-0.1, -0.05) is 26.5 Å². The molecule has 0 bridgehead atoms. The van der Waals surface area contributed by atoms with Gasteiger partial charge in [0, 0.05) is 60.1 Å². The Hall–Kier alpha value is -3.19. The molecule has 3 aromatic rings. The maximum absolute atomic E-state index is 14.2. The minimum absolute atomic E-state index is 0.0400. The lowest BCUT2D eigenvalue weighted by Crippen LogP contribution is -2.27. The van der Waals surface area contributed by atoms with E-state index in [1.54, 1.807) is 36.4 Å². The zero-order chi connectivity index (χ0) is 24.8. The third kappa shape index (κ3) is 5.30. The molecule has 1 aromatic heterocycles. The Balaban J connectivity index is 0.00000158. The SMILES string of the molecule is C=CNc1cccc(N2CCCc3cc(-c4cnn(C)c4)c(C(F)F)cc32)c1CN(C)C.CC. The summed E-state index contributed by atoms with van der Waals surface area (Å²) in [5.41, 5.74) is 6.36. The number of anilines is 3. The van der Waals surface area contributed by atoms with Gasteiger partial charge in [-0.25, -0.2) is 8.78 Å². The van der Waals surface area contributed by atoms with Gasteiger partial charge in [0.1, 0.15) is 0 Å². The van der Waals surface area contributed by atoms with Crippen LogP contribution in [0.4, 0.5) is 25.8 Å². The Morgan fingerprint density at radius 1 is 1.21 bits per heavy atom. The van der Waals surface area contributed by atoms with E-state index in [1.807, 2.05) is 46.1 Å². The first kappa shape index (κ1) is 25.4. The molecule has 1 aliphatic rings. The smallest absolute Gasteiger partial charge is 0.264 e. The van der Waals surface area contributed by atoms with E-state index in [0.29, 0.717) is 17.7 Å². The molecule has 2 aromatic carbocycles. The molecule has 0 saturated heterocycles. The Kier molecular flexibility index (Phi) is 8.45. The van der Waals surface area contributed by atoms with E-state index in [2.05, 4.69) is 32.9 Å². The highest BCUT2D eigenvalue weighted by Gasteiger charge is 2.26. The van der Waals surface area contributed by atoms with Gasteiger partial charge in [0.15, 0.2) is 0 Å². The van der Waals surface area contributed by atoms with Gasteiger partial charge in [-0.15, -0.1) is 0 Å². The van der Waals surface area contributed by atoms with E-state index >= 15 is 0 Å². The fourth-order valence-corrected chi connectivity index (χ4v) is 4.45. The second kappa shape index (κ2) is 11.3. The number of aryl methyl sites for hydroxylation is 2. The predicted molar refractivity (Wildman–Crippen MR) is 138 cm³/mol. The highest BCUT2D eigenvalue weighted by Crippen LogP contribution is 2.43. The van der Waals surface area contributed by atoms with Gasteiger partial charge in [0.05, 0.1) is 6.20 Å². The molecule has 0 amide bonds.